The van der Waals surface area contributed by atoms with Crippen LogP contribution in [0.25, 0.3) is 0 Å². The standard InChI is InChI=1S/C20H18BrFN8O4/c21-13-9-12(17(31)16(10-13)30(32)33)11-23-28-19-25-18(24-15-3-1-14(22)2-4-15)26-20(27-19)29-5-7-34-8-6-29/h1-4,9-11,31H,5-8H2,(H2,24,25,26,27,28). The van der Waals surface area contributed by atoms with Gasteiger partial charge in [-0.15, -0.1) is 0 Å². The zero-order valence-corrected chi connectivity index (χ0v) is 19.1. The molecular weight excluding hydrogens is 515 g/mol. The maximum absolute atomic E-state index is 13.2. The van der Waals surface area contributed by atoms with E-state index in [1.807, 2.05) is 4.90 Å². The average molecular weight is 533 g/mol. The third-order valence-corrected chi connectivity index (χ3v) is 5.12. The third kappa shape index (κ3) is 5.71. The number of hydrogen-bond donors (Lipinski definition) is 3. The van der Waals surface area contributed by atoms with Crippen LogP contribution in [0.15, 0.2) is 46.0 Å². The number of hydrogen-bond acceptors (Lipinski definition) is 11. The maximum atomic E-state index is 13.2. The van der Waals surface area contributed by atoms with Crippen LogP contribution in [0.2, 0.25) is 0 Å². The predicted octanol–water partition coefficient (Wildman–Crippen LogP) is 3.41. The summed E-state index contributed by atoms with van der Waals surface area (Å²) >= 11 is 3.17. The molecule has 0 spiro atoms. The number of nitro groups is 1. The van der Waals surface area contributed by atoms with Gasteiger partial charge in [0.2, 0.25) is 23.6 Å². The summed E-state index contributed by atoms with van der Waals surface area (Å²) in [4.78, 5) is 25.4. The highest BCUT2D eigenvalue weighted by atomic mass is 79.9. The summed E-state index contributed by atoms with van der Waals surface area (Å²) in [5.74, 6) is -0.241. The van der Waals surface area contributed by atoms with E-state index in [0.29, 0.717) is 42.4 Å². The van der Waals surface area contributed by atoms with Crippen molar-refractivity contribution in [1.29, 1.82) is 0 Å². The van der Waals surface area contributed by atoms with Crippen molar-refractivity contribution in [3.8, 4) is 5.75 Å². The number of halogens is 2. The Morgan fingerprint density at radius 3 is 2.59 bits per heavy atom. The molecule has 0 unspecified atom stereocenters. The number of hydrazone groups is 1. The normalized spacial score (nSPS) is 13.8. The van der Waals surface area contributed by atoms with Crippen molar-refractivity contribution >= 4 is 51.4 Å². The Hall–Kier alpha value is -3.91. The third-order valence-electron chi connectivity index (χ3n) is 4.67. The molecule has 1 saturated heterocycles. The van der Waals surface area contributed by atoms with Crippen LogP contribution in [0.1, 0.15) is 5.56 Å². The van der Waals surface area contributed by atoms with Crippen molar-refractivity contribution < 1.29 is 19.2 Å². The number of nitrogens with one attached hydrogen (secondary N) is 2. The molecule has 0 aliphatic carbocycles. The Bertz CT molecular complexity index is 1220. The number of morpholine rings is 1. The Balaban J connectivity index is 1.60. The van der Waals surface area contributed by atoms with E-state index in [9.17, 15) is 19.6 Å². The zero-order valence-electron chi connectivity index (χ0n) is 17.5. The quantitative estimate of drug-likeness (QED) is 0.234. The first-order valence-corrected chi connectivity index (χ1v) is 10.8. The predicted molar refractivity (Wildman–Crippen MR) is 126 cm³/mol. The zero-order chi connectivity index (χ0) is 24.1. The Labute approximate surface area is 200 Å². The van der Waals surface area contributed by atoms with Gasteiger partial charge in [-0.25, -0.2) is 9.82 Å². The van der Waals surface area contributed by atoms with Gasteiger partial charge in [-0.3, -0.25) is 10.1 Å². The van der Waals surface area contributed by atoms with Crippen LogP contribution in [0.5, 0.6) is 5.75 Å². The van der Waals surface area contributed by atoms with E-state index in [4.69, 9.17) is 4.74 Å². The van der Waals surface area contributed by atoms with E-state index in [2.05, 4.69) is 46.7 Å². The molecule has 12 nitrogen and oxygen atoms in total. The molecule has 2 aromatic carbocycles. The highest BCUT2D eigenvalue weighted by Crippen LogP contribution is 2.32. The lowest BCUT2D eigenvalue weighted by atomic mass is 10.2. The summed E-state index contributed by atoms with van der Waals surface area (Å²) in [5, 5.41) is 28.3. The number of phenolic OH excluding ortho intramolecular Hbond substituents is 1. The fourth-order valence-electron chi connectivity index (χ4n) is 3.04. The van der Waals surface area contributed by atoms with Crippen LogP contribution in [0, 0.1) is 15.9 Å². The molecule has 0 bridgehead atoms. The first kappa shape index (κ1) is 23.3. The van der Waals surface area contributed by atoms with Crippen LogP contribution in [0.3, 0.4) is 0 Å². The fourth-order valence-corrected chi connectivity index (χ4v) is 3.50. The molecule has 0 atom stereocenters. The molecule has 1 aliphatic rings. The molecule has 14 heteroatoms. The van der Waals surface area contributed by atoms with Gasteiger partial charge in [0.25, 0.3) is 0 Å². The highest BCUT2D eigenvalue weighted by Gasteiger charge is 2.19. The van der Waals surface area contributed by atoms with E-state index in [-0.39, 0.29) is 23.3 Å². The van der Waals surface area contributed by atoms with Crippen LogP contribution < -0.4 is 15.6 Å². The van der Waals surface area contributed by atoms with Crippen molar-refractivity contribution in [3.63, 3.8) is 0 Å². The van der Waals surface area contributed by atoms with Gasteiger partial charge in [-0.05, 0) is 30.3 Å². The number of phenols is 1. The molecule has 34 heavy (non-hydrogen) atoms. The van der Waals surface area contributed by atoms with Gasteiger partial charge in [0, 0.05) is 34.9 Å². The second-order valence-corrected chi connectivity index (χ2v) is 7.92. The minimum atomic E-state index is -0.696. The molecule has 3 N–H and O–H groups in total. The van der Waals surface area contributed by atoms with Gasteiger partial charge in [-0.1, -0.05) is 15.9 Å². The maximum Gasteiger partial charge on any atom is 0.312 e. The van der Waals surface area contributed by atoms with E-state index in [1.54, 1.807) is 12.1 Å². The molecule has 0 amide bonds. The lowest BCUT2D eigenvalue weighted by molar-refractivity contribution is -0.385. The summed E-state index contributed by atoms with van der Waals surface area (Å²) in [6.45, 7) is 2.21. The summed E-state index contributed by atoms with van der Waals surface area (Å²) in [7, 11) is 0. The van der Waals surface area contributed by atoms with Gasteiger partial charge < -0.3 is 20.1 Å². The van der Waals surface area contributed by atoms with Crippen LogP contribution in [-0.4, -0.2) is 57.5 Å². The number of aromatic hydroxyl groups is 1. The molecule has 1 fully saturated rings. The number of rotatable bonds is 7. The number of ether oxygens (including phenoxy) is 1. The number of aromatic nitrogens is 3. The molecule has 176 valence electrons. The number of benzene rings is 2. The minimum absolute atomic E-state index is 0.0846. The van der Waals surface area contributed by atoms with Gasteiger partial charge in [0.1, 0.15) is 5.82 Å². The largest absolute Gasteiger partial charge is 0.502 e. The first-order valence-electron chi connectivity index (χ1n) is 9.96. The number of nitrogens with zero attached hydrogens (tertiary/aromatic N) is 6. The second-order valence-electron chi connectivity index (χ2n) is 7.00. The molecule has 1 aliphatic heterocycles. The monoisotopic (exact) mass is 532 g/mol. The molecular formula is C20H18BrFN8O4. The topological polar surface area (TPSA) is 151 Å². The summed E-state index contributed by atoms with van der Waals surface area (Å²) < 4.78 is 19.0. The van der Waals surface area contributed by atoms with E-state index >= 15 is 0 Å². The lowest BCUT2D eigenvalue weighted by Gasteiger charge is -2.27. The SMILES string of the molecule is O=[N+]([O-])c1cc(Br)cc(C=NNc2nc(Nc3ccc(F)cc3)nc(N3CCOCC3)n2)c1O. The second kappa shape index (κ2) is 10.4. The molecule has 1 aromatic heterocycles. The van der Waals surface area contributed by atoms with Crippen LogP contribution in [0.4, 0.5) is 33.6 Å². The first-order chi connectivity index (χ1) is 16.4. The van der Waals surface area contributed by atoms with Crippen molar-refractivity contribution in [1.82, 2.24) is 15.0 Å². The van der Waals surface area contributed by atoms with E-state index in [1.165, 1.54) is 30.5 Å². The van der Waals surface area contributed by atoms with Crippen molar-refractivity contribution in [2.24, 2.45) is 5.10 Å². The van der Waals surface area contributed by atoms with Crippen molar-refractivity contribution in [2.45, 2.75) is 0 Å². The Kier molecular flexibility index (Phi) is 7.08. The van der Waals surface area contributed by atoms with Gasteiger partial charge in [0.05, 0.1) is 24.4 Å². The van der Waals surface area contributed by atoms with Crippen molar-refractivity contribution in [2.75, 3.05) is 41.9 Å². The van der Waals surface area contributed by atoms with E-state index in [0.717, 1.165) is 0 Å². The lowest BCUT2D eigenvalue weighted by Crippen LogP contribution is -2.37. The van der Waals surface area contributed by atoms with Crippen LogP contribution >= 0.6 is 15.9 Å². The summed E-state index contributed by atoms with van der Waals surface area (Å²) in [6, 6.07) is 8.36. The molecule has 0 radical (unpaired) electrons. The molecule has 3 aromatic rings. The molecule has 4 rings (SSSR count). The summed E-state index contributed by atoms with van der Waals surface area (Å²) in [5.41, 5.74) is 2.88. The smallest absolute Gasteiger partial charge is 0.312 e. The van der Waals surface area contributed by atoms with Crippen LogP contribution in [-0.2, 0) is 4.74 Å². The molecule has 2 heterocycles. The average Bonchev–Trinajstić information content (AvgIpc) is 2.83. The highest BCUT2D eigenvalue weighted by molar-refractivity contribution is 9.10. The van der Waals surface area contributed by atoms with Crippen molar-refractivity contribution in [3.05, 3.63) is 62.4 Å². The Morgan fingerprint density at radius 2 is 1.88 bits per heavy atom. The Morgan fingerprint density at radius 1 is 1.18 bits per heavy atom. The van der Waals surface area contributed by atoms with Gasteiger partial charge >= 0.3 is 5.69 Å². The number of nitro benzene ring substituents is 1. The van der Waals surface area contributed by atoms with Gasteiger partial charge in [-0.2, -0.15) is 20.1 Å². The minimum Gasteiger partial charge on any atom is -0.502 e. The van der Waals surface area contributed by atoms with Gasteiger partial charge in [0.15, 0.2) is 0 Å². The summed E-state index contributed by atoms with van der Waals surface area (Å²) in [6.07, 6.45) is 1.21. The molecule has 0 saturated carbocycles. The number of anilines is 4. The van der Waals surface area contributed by atoms with E-state index < -0.39 is 16.4 Å². The fraction of sp³-hybridized carbons (Fsp3) is 0.200.